The molecule has 2 heterocycles. The van der Waals surface area contributed by atoms with Crippen molar-refractivity contribution >= 4 is 11.8 Å². The van der Waals surface area contributed by atoms with Gasteiger partial charge in [-0.3, -0.25) is 9.59 Å². The SMILES string of the molecule is COc1ccc([C@H](CC(=O)NCc2ccc3c(c2)OCO3)N2Cc3ccccc3C2=O)cc1OC. The average Bonchev–Trinajstić information content (AvgIpc) is 3.49. The van der Waals surface area contributed by atoms with Gasteiger partial charge in [0.05, 0.1) is 26.7 Å². The third-order valence-corrected chi connectivity index (χ3v) is 6.32. The standard InChI is InChI=1S/C27H26N2O6/c1-32-22-10-8-18(12-24(22)33-2)21(29-15-19-5-3-4-6-20(19)27(29)31)13-26(30)28-14-17-7-9-23-25(11-17)35-16-34-23/h3-12,21H,13-16H2,1-2H3,(H,28,30)/t21-/m0/s1. The molecule has 1 atom stereocenters. The van der Waals surface area contributed by atoms with Crippen LogP contribution in [-0.4, -0.2) is 37.7 Å². The summed E-state index contributed by atoms with van der Waals surface area (Å²) in [6, 6.07) is 18.1. The number of benzene rings is 3. The van der Waals surface area contributed by atoms with Crippen LogP contribution in [0.25, 0.3) is 0 Å². The van der Waals surface area contributed by atoms with Crippen molar-refractivity contribution in [1.82, 2.24) is 10.2 Å². The van der Waals surface area contributed by atoms with Gasteiger partial charge in [0.2, 0.25) is 12.7 Å². The van der Waals surface area contributed by atoms with E-state index in [1.54, 1.807) is 25.2 Å². The highest BCUT2D eigenvalue weighted by Crippen LogP contribution is 2.37. The summed E-state index contributed by atoms with van der Waals surface area (Å²) < 4.78 is 21.6. The quantitative estimate of drug-likeness (QED) is 0.534. The molecule has 1 N–H and O–H groups in total. The maximum atomic E-state index is 13.3. The first kappa shape index (κ1) is 22.6. The molecule has 2 amide bonds. The van der Waals surface area contributed by atoms with Gasteiger partial charge in [-0.05, 0) is 47.0 Å². The maximum absolute atomic E-state index is 13.3. The zero-order valence-electron chi connectivity index (χ0n) is 19.6. The lowest BCUT2D eigenvalue weighted by atomic mass is 10.0. The van der Waals surface area contributed by atoms with Crippen LogP contribution in [0.1, 0.15) is 39.5 Å². The summed E-state index contributed by atoms with van der Waals surface area (Å²) in [4.78, 5) is 28.1. The van der Waals surface area contributed by atoms with Crippen LogP contribution < -0.4 is 24.3 Å². The molecule has 0 spiro atoms. The Kier molecular flexibility index (Phi) is 6.18. The average molecular weight is 475 g/mol. The van der Waals surface area contributed by atoms with Crippen LogP contribution in [0.2, 0.25) is 0 Å². The summed E-state index contributed by atoms with van der Waals surface area (Å²) in [5.41, 5.74) is 3.31. The second-order valence-electron chi connectivity index (χ2n) is 8.39. The van der Waals surface area contributed by atoms with E-state index >= 15 is 0 Å². The van der Waals surface area contributed by atoms with Gasteiger partial charge >= 0.3 is 0 Å². The molecule has 0 bridgehead atoms. The summed E-state index contributed by atoms with van der Waals surface area (Å²) in [5.74, 6) is 2.22. The molecule has 0 aromatic heterocycles. The molecule has 0 fully saturated rings. The van der Waals surface area contributed by atoms with E-state index in [0.29, 0.717) is 41.7 Å². The van der Waals surface area contributed by atoms with Gasteiger partial charge in [-0.25, -0.2) is 0 Å². The Hall–Kier alpha value is -4.20. The number of amides is 2. The van der Waals surface area contributed by atoms with E-state index < -0.39 is 6.04 Å². The van der Waals surface area contributed by atoms with Crippen LogP contribution in [0, 0.1) is 0 Å². The van der Waals surface area contributed by atoms with E-state index in [2.05, 4.69) is 5.32 Å². The maximum Gasteiger partial charge on any atom is 0.255 e. The lowest BCUT2D eigenvalue weighted by molar-refractivity contribution is -0.122. The van der Waals surface area contributed by atoms with Gasteiger partial charge in [0.25, 0.3) is 5.91 Å². The number of ether oxygens (including phenoxy) is 4. The van der Waals surface area contributed by atoms with Gasteiger partial charge in [0, 0.05) is 18.7 Å². The molecule has 8 nitrogen and oxygen atoms in total. The highest BCUT2D eigenvalue weighted by molar-refractivity contribution is 5.98. The first-order chi connectivity index (χ1) is 17.1. The van der Waals surface area contributed by atoms with Crippen LogP contribution in [-0.2, 0) is 17.9 Å². The van der Waals surface area contributed by atoms with Gasteiger partial charge in [-0.1, -0.05) is 30.3 Å². The second-order valence-corrected chi connectivity index (χ2v) is 8.39. The number of nitrogens with one attached hydrogen (secondary N) is 1. The molecular weight excluding hydrogens is 448 g/mol. The second kappa shape index (κ2) is 9.58. The summed E-state index contributed by atoms with van der Waals surface area (Å²) in [6.07, 6.45) is 0.0970. The summed E-state index contributed by atoms with van der Waals surface area (Å²) >= 11 is 0. The Bertz CT molecular complexity index is 1270. The van der Waals surface area contributed by atoms with E-state index in [0.717, 1.165) is 16.7 Å². The Morgan fingerprint density at radius 2 is 1.80 bits per heavy atom. The molecule has 8 heteroatoms. The largest absolute Gasteiger partial charge is 0.493 e. The third-order valence-electron chi connectivity index (χ3n) is 6.32. The molecule has 180 valence electrons. The highest BCUT2D eigenvalue weighted by Gasteiger charge is 2.34. The lowest BCUT2D eigenvalue weighted by Gasteiger charge is -2.28. The molecule has 5 rings (SSSR count). The summed E-state index contributed by atoms with van der Waals surface area (Å²) in [7, 11) is 3.13. The number of carbonyl (C=O) groups excluding carboxylic acids is 2. The molecule has 2 aliphatic heterocycles. The van der Waals surface area contributed by atoms with Crippen molar-refractivity contribution in [2.45, 2.75) is 25.6 Å². The minimum Gasteiger partial charge on any atom is -0.493 e. The van der Waals surface area contributed by atoms with Crippen LogP contribution >= 0.6 is 0 Å². The van der Waals surface area contributed by atoms with E-state index in [1.807, 2.05) is 54.6 Å². The van der Waals surface area contributed by atoms with Crippen molar-refractivity contribution in [2.24, 2.45) is 0 Å². The van der Waals surface area contributed by atoms with Gasteiger partial charge in [0.1, 0.15) is 0 Å². The predicted molar refractivity (Wildman–Crippen MR) is 128 cm³/mol. The van der Waals surface area contributed by atoms with Crippen molar-refractivity contribution in [3.05, 3.63) is 82.9 Å². The molecular formula is C27H26N2O6. The van der Waals surface area contributed by atoms with Crippen molar-refractivity contribution in [1.29, 1.82) is 0 Å². The zero-order chi connectivity index (χ0) is 24.4. The van der Waals surface area contributed by atoms with Crippen LogP contribution in [0.15, 0.2) is 60.7 Å². The van der Waals surface area contributed by atoms with Crippen LogP contribution in [0.5, 0.6) is 23.0 Å². The first-order valence-electron chi connectivity index (χ1n) is 11.3. The Morgan fingerprint density at radius 1 is 1.00 bits per heavy atom. The number of fused-ring (bicyclic) bond motifs is 2. The monoisotopic (exact) mass is 474 g/mol. The Balaban J connectivity index is 1.37. The number of rotatable bonds is 8. The smallest absolute Gasteiger partial charge is 0.255 e. The fourth-order valence-corrected chi connectivity index (χ4v) is 4.50. The molecule has 0 radical (unpaired) electrons. The van der Waals surface area contributed by atoms with Gasteiger partial charge in [-0.2, -0.15) is 0 Å². The number of nitrogens with zero attached hydrogens (tertiary/aromatic N) is 1. The number of carbonyl (C=O) groups is 2. The Labute approximate surface area is 203 Å². The molecule has 3 aromatic carbocycles. The normalized spacial score (nSPS) is 14.5. The van der Waals surface area contributed by atoms with Crippen molar-refractivity contribution < 1.29 is 28.5 Å². The summed E-state index contributed by atoms with van der Waals surface area (Å²) in [6.45, 7) is 0.968. The van der Waals surface area contributed by atoms with Crippen LogP contribution in [0.3, 0.4) is 0 Å². The zero-order valence-corrected chi connectivity index (χ0v) is 19.6. The molecule has 35 heavy (non-hydrogen) atoms. The Morgan fingerprint density at radius 3 is 2.60 bits per heavy atom. The van der Waals surface area contributed by atoms with E-state index in [-0.39, 0.29) is 25.0 Å². The molecule has 0 aliphatic carbocycles. The number of methoxy groups -OCH3 is 2. The molecule has 2 aliphatic rings. The fraction of sp³-hybridized carbons (Fsp3) is 0.259. The molecule has 0 unspecified atom stereocenters. The fourth-order valence-electron chi connectivity index (χ4n) is 4.50. The van der Waals surface area contributed by atoms with Crippen molar-refractivity contribution in [3.8, 4) is 23.0 Å². The van der Waals surface area contributed by atoms with Crippen molar-refractivity contribution in [3.63, 3.8) is 0 Å². The van der Waals surface area contributed by atoms with Crippen molar-refractivity contribution in [2.75, 3.05) is 21.0 Å². The minimum atomic E-state index is -0.480. The highest BCUT2D eigenvalue weighted by atomic mass is 16.7. The van der Waals surface area contributed by atoms with Gasteiger partial charge < -0.3 is 29.2 Å². The van der Waals surface area contributed by atoms with E-state index in [9.17, 15) is 9.59 Å². The topological polar surface area (TPSA) is 86.3 Å². The molecule has 0 saturated carbocycles. The predicted octanol–water partition coefficient (Wildman–Crippen LogP) is 3.84. The molecule has 0 saturated heterocycles. The van der Waals surface area contributed by atoms with Crippen LogP contribution in [0.4, 0.5) is 0 Å². The molecule has 3 aromatic rings. The number of hydrogen-bond acceptors (Lipinski definition) is 6. The minimum absolute atomic E-state index is 0.0936. The summed E-state index contributed by atoms with van der Waals surface area (Å²) in [5, 5.41) is 2.97. The van der Waals surface area contributed by atoms with E-state index in [4.69, 9.17) is 18.9 Å². The van der Waals surface area contributed by atoms with Gasteiger partial charge in [-0.15, -0.1) is 0 Å². The number of hydrogen-bond donors (Lipinski definition) is 1. The van der Waals surface area contributed by atoms with E-state index in [1.165, 1.54) is 0 Å². The third kappa shape index (κ3) is 4.47. The van der Waals surface area contributed by atoms with Gasteiger partial charge in [0.15, 0.2) is 23.0 Å². The lowest BCUT2D eigenvalue weighted by Crippen LogP contribution is -2.34. The first-order valence-corrected chi connectivity index (χ1v) is 11.3.